The Kier molecular flexibility index (Phi) is 4.04. The van der Waals surface area contributed by atoms with Crippen LogP contribution in [0.4, 0.5) is 0 Å². The van der Waals surface area contributed by atoms with E-state index in [4.69, 9.17) is 14.2 Å². The van der Waals surface area contributed by atoms with Crippen molar-refractivity contribution in [3.8, 4) is 0 Å². The Morgan fingerprint density at radius 1 is 1.46 bits per heavy atom. The average Bonchev–Trinajstić information content (AvgIpc) is 3.27. The molecule has 0 aromatic rings. The van der Waals surface area contributed by atoms with Gasteiger partial charge >= 0.3 is 5.97 Å². The molecule has 0 radical (unpaired) electrons. The molecule has 5 rings (SSSR count). The van der Waals surface area contributed by atoms with Crippen molar-refractivity contribution in [2.75, 3.05) is 13.7 Å². The average molecular weight is 389 g/mol. The normalized spacial score (nSPS) is 48.1. The highest BCUT2D eigenvalue weighted by Crippen LogP contribution is 2.68. The van der Waals surface area contributed by atoms with Gasteiger partial charge in [0.05, 0.1) is 24.3 Å². The Morgan fingerprint density at radius 3 is 2.96 bits per heavy atom. The van der Waals surface area contributed by atoms with Gasteiger partial charge in [0.1, 0.15) is 0 Å². The quantitative estimate of drug-likeness (QED) is 0.705. The van der Waals surface area contributed by atoms with Gasteiger partial charge in [-0.3, -0.25) is 4.90 Å². The summed E-state index contributed by atoms with van der Waals surface area (Å²) in [4.78, 5) is 14.6. The van der Waals surface area contributed by atoms with Crippen LogP contribution in [-0.4, -0.2) is 53.1 Å². The molecule has 8 atom stereocenters. The zero-order valence-electron chi connectivity index (χ0n) is 17.2. The van der Waals surface area contributed by atoms with Crippen LogP contribution < -0.4 is 0 Å². The number of carbonyl (C=O) groups is 1. The van der Waals surface area contributed by atoms with Gasteiger partial charge < -0.3 is 19.3 Å². The van der Waals surface area contributed by atoms with Crippen molar-refractivity contribution < 1.29 is 24.1 Å². The fourth-order valence-corrected chi connectivity index (χ4v) is 7.19. The highest BCUT2D eigenvalue weighted by molar-refractivity contribution is 5.93. The summed E-state index contributed by atoms with van der Waals surface area (Å²) in [5, 5.41) is 11.8. The minimum absolute atomic E-state index is 0.000162. The maximum absolute atomic E-state index is 11.9. The summed E-state index contributed by atoms with van der Waals surface area (Å²) in [6.07, 6.45) is 7.56. The number of aliphatic hydroxyl groups is 1. The van der Waals surface area contributed by atoms with E-state index in [1.807, 2.05) is 6.08 Å². The fraction of sp³-hybridized carbons (Fsp3) is 0.773. The number of ether oxygens (including phenoxy) is 3. The van der Waals surface area contributed by atoms with E-state index in [0.717, 1.165) is 25.8 Å². The third-order valence-corrected chi connectivity index (χ3v) is 8.12. The lowest BCUT2D eigenvalue weighted by atomic mass is 9.68. The van der Waals surface area contributed by atoms with Crippen molar-refractivity contribution in [1.29, 1.82) is 0 Å². The van der Waals surface area contributed by atoms with Crippen LogP contribution in [0.5, 0.6) is 0 Å². The molecule has 0 saturated carbocycles. The Hall–Kier alpha value is -1.37. The van der Waals surface area contributed by atoms with Gasteiger partial charge in [-0.2, -0.15) is 0 Å². The lowest BCUT2D eigenvalue weighted by Crippen LogP contribution is -2.63. The minimum atomic E-state index is -1.08. The van der Waals surface area contributed by atoms with Crippen molar-refractivity contribution in [3.05, 3.63) is 23.2 Å². The summed E-state index contributed by atoms with van der Waals surface area (Å²) in [7, 11) is 1.55. The predicted molar refractivity (Wildman–Crippen MR) is 102 cm³/mol. The van der Waals surface area contributed by atoms with Gasteiger partial charge in [-0.25, -0.2) is 4.79 Å². The van der Waals surface area contributed by atoms with Crippen molar-refractivity contribution in [2.45, 2.75) is 76.3 Å². The summed E-state index contributed by atoms with van der Waals surface area (Å²) < 4.78 is 17.2. The van der Waals surface area contributed by atoms with Gasteiger partial charge in [-0.15, -0.1) is 0 Å². The number of hydrogen-bond donors (Lipinski definition) is 1. The maximum Gasteiger partial charge on any atom is 0.343 e. The van der Waals surface area contributed by atoms with E-state index in [1.54, 1.807) is 14.0 Å². The third kappa shape index (κ3) is 2.06. The second-order valence-corrected chi connectivity index (χ2v) is 9.25. The third-order valence-electron chi connectivity index (χ3n) is 8.12. The first-order valence-electron chi connectivity index (χ1n) is 10.7. The van der Waals surface area contributed by atoms with Crippen LogP contribution in [-0.2, 0) is 19.0 Å². The van der Waals surface area contributed by atoms with Gasteiger partial charge in [0.2, 0.25) is 0 Å². The first-order valence-corrected chi connectivity index (χ1v) is 10.7. The van der Waals surface area contributed by atoms with Crippen molar-refractivity contribution in [1.82, 2.24) is 4.90 Å². The molecule has 5 bridgehead atoms. The van der Waals surface area contributed by atoms with E-state index in [0.29, 0.717) is 23.1 Å². The molecule has 0 aromatic heterocycles. The molecule has 0 aliphatic carbocycles. The predicted octanol–water partition coefficient (Wildman–Crippen LogP) is 2.72. The first-order chi connectivity index (χ1) is 13.4. The molecular weight excluding hydrogens is 358 g/mol. The van der Waals surface area contributed by atoms with E-state index in [2.05, 4.69) is 18.7 Å². The summed E-state index contributed by atoms with van der Waals surface area (Å²) >= 11 is 0. The Balaban J connectivity index is 1.48. The number of carbonyl (C=O) groups excluding carboxylic acids is 1. The number of rotatable bonds is 6. The number of methoxy groups -OCH3 is 1. The zero-order valence-corrected chi connectivity index (χ0v) is 17.2. The maximum atomic E-state index is 11.9. The monoisotopic (exact) mass is 389 g/mol. The molecule has 0 amide bonds. The molecule has 0 aromatic carbocycles. The molecule has 6 nitrogen and oxygen atoms in total. The van der Waals surface area contributed by atoms with Gasteiger partial charge in [0, 0.05) is 17.9 Å². The smallest absolute Gasteiger partial charge is 0.343 e. The molecular formula is C22H31NO5. The largest absolute Gasteiger partial charge is 0.492 e. The number of cyclic esters (lactones) is 1. The van der Waals surface area contributed by atoms with Crippen LogP contribution >= 0.6 is 0 Å². The minimum Gasteiger partial charge on any atom is -0.492 e. The molecule has 4 saturated heterocycles. The van der Waals surface area contributed by atoms with Crippen LogP contribution in [0.1, 0.15) is 52.9 Å². The number of esters is 1. The van der Waals surface area contributed by atoms with Crippen LogP contribution in [0.2, 0.25) is 0 Å². The van der Waals surface area contributed by atoms with Crippen molar-refractivity contribution >= 4 is 5.97 Å². The summed E-state index contributed by atoms with van der Waals surface area (Å²) in [5.41, 5.74) is 0.527. The lowest BCUT2D eigenvalue weighted by molar-refractivity contribution is -0.280. The van der Waals surface area contributed by atoms with E-state index in [9.17, 15) is 9.90 Å². The molecule has 1 unspecified atom stereocenters. The van der Waals surface area contributed by atoms with Gasteiger partial charge in [0.25, 0.3) is 0 Å². The molecule has 4 fully saturated rings. The second kappa shape index (κ2) is 6.07. The SMILES string of the molecule is CCCC[C@@]12[C@@H]3C[C@H]4[C@H]([C@H](C)/C=C5/OC(=O)C(C)=C5OC)[C@@](O)(O3)[C@@H]1CCN42. The van der Waals surface area contributed by atoms with E-state index < -0.39 is 5.79 Å². The van der Waals surface area contributed by atoms with Crippen LogP contribution in [0, 0.1) is 17.8 Å². The van der Waals surface area contributed by atoms with E-state index >= 15 is 0 Å². The van der Waals surface area contributed by atoms with Crippen LogP contribution in [0.15, 0.2) is 23.2 Å². The van der Waals surface area contributed by atoms with E-state index in [1.165, 1.54) is 12.8 Å². The number of piperidine rings is 1. The highest BCUT2D eigenvalue weighted by Gasteiger charge is 2.80. The Labute approximate surface area is 166 Å². The Morgan fingerprint density at radius 2 is 2.25 bits per heavy atom. The topological polar surface area (TPSA) is 68.2 Å². The summed E-state index contributed by atoms with van der Waals surface area (Å²) in [6.45, 7) is 7.09. The first kappa shape index (κ1) is 18.6. The van der Waals surface area contributed by atoms with E-state index in [-0.39, 0.29) is 35.4 Å². The van der Waals surface area contributed by atoms with Crippen molar-refractivity contribution in [3.63, 3.8) is 0 Å². The number of allylic oxidation sites excluding steroid dienone is 1. The molecule has 28 heavy (non-hydrogen) atoms. The van der Waals surface area contributed by atoms with Crippen LogP contribution in [0.25, 0.3) is 0 Å². The number of unbranched alkanes of at least 4 members (excludes halogenated alkanes) is 1. The standard InChI is InChI=1S/C22H31NO5/c1-5-6-8-21-16-7-9-23(21)14-11-17(21)28-22(16,25)18(14)12(2)10-15-19(26-4)13(3)20(24)27-15/h10,12,14,16-18,25H,5-9,11H2,1-4H3/b15-10+/t12-,14+,16-,17+,18+,21+,22+/m1/s1. The van der Waals surface area contributed by atoms with Crippen molar-refractivity contribution in [2.24, 2.45) is 17.8 Å². The highest BCUT2D eigenvalue weighted by atomic mass is 16.6. The molecule has 6 heteroatoms. The Bertz CT molecular complexity index is 775. The second-order valence-electron chi connectivity index (χ2n) is 9.25. The molecule has 1 N–H and O–H groups in total. The molecule has 0 spiro atoms. The summed E-state index contributed by atoms with van der Waals surface area (Å²) in [5.74, 6) is -0.329. The molecule has 5 heterocycles. The number of nitrogens with zero attached hydrogens (tertiary/aromatic N) is 1. The van der Waals surface area contributed by atoms with Gasteiger partial charge in [-0.05, 0) is 44.7 Å². The lowest BCUT2D eigenvalue weighted by Gasteiger charge is -2.51. The van der Waals surface area contributed by atoms with Gasteiger partial charge in [0.15, 0.2) is 17.3 Å². The molecule has 5 aliphatic heterocycles. The summed E-state index contributed by atoms with van der Waals surface area (Å²) in [6, 6.07) is 0.319. The fourth-order valence-electron chi connectivity index (χ4n) is 7.19. The van der Waals surface area contributed by atoms with Crippen LogP contribution in [0.3, 0.4) is 0 Å². The molecule has 5 aliphatic rings. The molecule has 154 valence electrons. The van der Waals surface area contributed by atoms with Gasteiger partial charge in [-0.1, -0.05) is 26.7 Å². The number of hydrogen-bond acceptors (Lipinski definition) is 6. The zero-order chi connectivity index (χ0) is 19.8.